The summed E-state index contributed by atoms with van der Waals surface area (Å²) in [4.78, 5) is 13.6. The Morgan fingerprint density at radius 1 is 1.47 bits per heavy atom. The fraction of sp³-hybridized carbons (Fsp3) is 0.923. The monoisotopic (exact) mass is 261 g/mol. The highest BCUT2D eigenvalue weighted by Gasteiger charge is 2.18. The third-order valence-electron chi connectivity index (χ3n) is 3.49. The van der Waals surface area contributed by atoms with E-state index in [1.807, 2.05) is 7.05 Å². The molecule has 17 heavy (non-hydrogen) atoms. The van der Waals surface area contributed by atoms with E-state index in [1.54, 1.807) is 12.0 Å². The molecule has 1 unspecified atom stereocenters. The Morgan fingerprint density at radius 2 is 2.12 bits per heavy atom. The van der Waals surface area contributed by atoms with Crippen molar-refractivity contribution in [3.63, 3.8) is 0 Å². The number of amides is 1. The molecule has 100 valence electrons. The summed E-state index contributed by atoms with van der Waals surface area (Å²) >= 11 is 6.03. The molecule has 0 bridgehead atoms. The third-order valence-corrected chi connectivity index (χ3v) is 3.75. The van der Waals surface area contributed by atoms with E-state index in [0.717, 1.165) is 12.3 Å². The number of ether oxygens (including phenoxy) is 1. The lowest BCUT2D eigenvalue weighted by Crippen LogP contribution is -2.34. The third kappa shape index (κ3) is 5.73. The predicted octanol–water partition coefficient (Wildman–Crippen LogP) is 2.67. The van der Waals surface area contributed by atoms with Gasteiger partial charge in [0.1, 0.15) is 0 Å². The minimum absolute atomic E-state index is 0.111. The summed E-state index contributed by atoms with van der Waals surface area (Å²) in [5, 5.41) is -0.111. The molecule has 1 amide bonds. The lowest BCUT2D eigenvalue weighted by Gasteiger charge is -2.20. The average molecular weight is 262 g/mol. The van der Waals surface area contributed by atoms with Crippen LogP contribution in [0.4, 0.5) is 0 Å². The van der Waals surface area contributed by atoms with Gasteiger partial charge in [-0.05, 0) is 12.3 Å². The Bertz CT molecular complexity index is 229. The second-order valence-corrected chi connectivity index (χ2v) is 5.63. The SMILES string of the molecule is COCC(Cl)CN(C)C(=O)CCC1CCCC1. The number of rotatable bonds is 7. The summed E-state index contributed by atoms with van der Waals surface area (Å²) in [5.41, 5.74) is 0. The number of carbonyl (C=O) groups excluding carboxylic acids is 1. The highest BCUT2D eigenvalue weighted by atomic mass is 35.5. The molecule has 1 aliphatic rings. The fourth-order valence-electron chi connectivity index (χ4n) is 2.45. The lowest BCUT2D eigenvalue weighted by molar-refractivity contribution is -0.130. The molecule has 1 aliphatic carbocycles. The van der Waals surface area contributed by atoms with Gasteiger partial charge in [-0.2, -0.15) is 0 Å². The van der Waals surface area contributed by atoms with E-state index >= 15 is 0 Å². The molecule has 1 atom stereocenters. The number of alkyl halides is 1. The van der Waals surface area contributed by atoms with E-state index in [-0.39, 0.29) is 11.3 Å². The normalized spacial score (nSPS) is 18.3. The number of hydrogen-bond donors (Lipinski definition) is 0. The standard InChI is InChI=1S/C13H24ClNO2/c1-15(9-12(14)10-17-2)13(16)8-7-11-5-3-4-6-11/h11-12H,3-10H2,1-2H3. The Labute approximate surface area is 109 Å². The maximum Gasteiger partial charge on any atom is 0.222 e. The molecular weight excluding hydrogens is 238 g/mol. The number of halogens is 1. The number of hydrogen-bond acceptors (Lipinski definition) is 2. The molecule has 0 radical (unpaired) electrons. The molecule has 1 saturated carbocycles. The molecular formula is C13H24ClNO2. The Morgan fingerprint density at radius 3 is 2.71 bits per heavy atom. The van der Waals surface area contributed by atoms with Gasteiger partial charge < -0.3 is 9.64 Å². The summed E-state index contributed by atoms with van der Waals surface area (Å²) in [6.45, 7) is 1.06. The van der Waals surface area contributed by atoms with Crippen LogP contribution >= 0.6 is 11.6 Å². The second kappa shape index (κ2) is 7.93. The van der Waals surface area contributed by atoms with Crippen LogP contribution in [0.2, 0.25) is 0 Å². The summed E-state index contributed by atoms with van der Waals surface area (Å²) in [6.07, 6.45) is 6.99. The molecule has 0 aliphatic heterocycles. The molecule has 0 aromatic rings. The van der Waals surface area contributed by atoms with Gasteiger partial charge in [0.25, 0.3) is 0 Å². The largest absolute Gasteiger partial charge is 0.383 e. The highest BCUT2D eigenvalue weighted by Crippen LogP contribution is 2.28. The molecule has 0 aromatic carbocycles. The van der Waals surface area contributed by atoms with Crippen LogP contribution in [0.1, 0.15) is 38.5 Å². The van der Waals surface area contributed by atoms with Gasteiger partial charge in [-0.3, -0.25) is 4.79 Å². The van der Waals surface area contributed by atoms with E-state index in [2.05, 4.69) is 0 Å². The Kier molecular flexibility index (Phi) is 6.90. The van der Waals surface area contributed by atoms with E-state index < -0.39 is 0 Å². The van der Waals surface area contributed by atoms with Crippen molar-refractivity contribution in [3.05, 3.63) is 0 Å². The van der Waals surface area contributed by atoms with Gasteiger partial charge in [0.15, 0.2) is 0 Å². The second-order valence-electron chi connectivity index (χ2n) is 5.02. The van der Waals surface area contributed by atoms with Crippen molar-refractivity contribution in [3.8, 4) is 0 Å². The summed E-state index contributed by atoms with van der Waals surface area (Å²) in [6, 6.07) is 0. The van der Waals surface area contributed by atoms with Gasteiger partial charge >= 0.3 is 0 Å². The van der Waals surface area contributed by atoms with Gasteiger partial charge in [-0.25, -0.2) is 0 Å². The summed E-state index contributed by atoms with van der Waals surface area (Å²) < 4.78 is 4.96. The first-order valence-electron chi connectivity index (χ1n) is 6.50. The van der Waals surface area contributed by atoms with Crippen LogP contribution in [0.3, 0.4) is 0 Å². The molecule has 0 spiro atoms. The van der Waals surface area contributed by atoms with E-state index in [4.69, 9.17) is 16.3 Å². The molecule has 0 heterocycles. The van der Waals surface area contributed by atoms with Gasteiger partial charge in [-0.1, -0.05) is 25.7 Å². The Balaban J connectivity index is 2.16. The summed E-state index contributed by atoms with van der Waals surface area (Å²) in [5.74, 6) is 0.983. The fourth-order valence-corrected chi connectivity index (χ4v) is 2.78. The molecule has 3 nitrogen and oxygen atoms in total. The molecule has 0 saturated heterocycles. The highest BCUT2D eigenvalue weighted by molar-refractivity contribution is 6.21. The van der Waals surface area contributed by atoms with Crippen molar-refractivity contribution in [1.82, 2.24) is 4.90 Å². The van der Waals surface area contributed by atoms with Crippen molar-refractivity contribution in [1.29, 1.82) is 0 Å². The summed E-state index contributed by atoms with van der Waals surface area (Å²) in [7, 11) is 3.44. The first kappa shape index (κ1) is 14.8. The predicted molar refractivity (Wildman–Crippen MR) is 70.3 cm³/mol. The maximum atomic E-state index is 11.9. The maximum absolute atomic E-state index is 11.9. The number of methoxy groups -OCH3 is 1. The van der Waals surface area contributed by atoms with Crippen molar-refractivity contribution >= 4 is 17.5 Å². The van der Waals surface area contributed by atoms with Crippen molar-refractivity contribution in [2.45, 2.75) is 43.9 Å². The van der Waals surface area contributed by atoms with Gasteiger partial charge in [0, 0.05) is 27.1 Å². The first-order valence-corrected chi connectivity index (χ1v) is 6.94. The first-order chi connectivity index (χ1) is 8.13. The average Bonchev–Trinajstić information content (AvgIpc) is 2.78. The van der Waals surface area contributed by atoms with Crippen LogP contribution in [0.15, 0.2) is 0 Å². The van der Waals surface area contributed by atoms with E-state index in [1.165, 1.54) is 25.7 Å². The van der Waals surface area contributed by atoms with Crippen molar-refractivity contribution in [2.24, 2.45) is 5.92 Å². The van der Waals surface area contributed by atoms with Crippen LogP contribution in [-0.2, 0) is 9.53 Å². The van der Waals surface area contributed by atoms with E-state index in [9.17, 15) is 4.79 Å². The van der Waals surface area contributed by atoms with Crippen molar-refractivity contribution in [2.75, 3.05) is 27.3 Å². The number of nitrogens with zero attached hydrogens (tertiary/aromatic N) is 1. The Hall–Kier alpha value is -0.280. The number of carbonyl (C=O) groups is 1. The van der Waals surface area contributed by atoms with Gasteiger partial charge in [0.05, 0.1) is 12.0 Å². The smallest absolute Gasteiger partial charge is 0.222 e. The van der Waals surface area contributed by atoms with Crippen LogP contribution < -0.4 is 0 Å². The zero-order chi connectivity index (χ0) is 12.7. The van der Waals surface area contributed by atoms with Gasteiger partial charge in [-0.15, -0.1) is 11.6 Å². The van der Waals surface area contributed by atoms with Crippen LogP contribution in [0.25, 0.3) is 0 Å². The molecule has 0 N–H and O–H groups in total. The topological polar surface area (TPSA) is 29.5 Å². The zero-order valence-corrected chi connectivity index (χ0v) is 11.7. The quantitative estimate of drug-likeness (QED) is 0.660. The molecule has 0 aromatic heterocycles. The molecule has 1 rings (SSSR count). The molecule has 1 fully saturated rings. The lowest BCUT2D eigenvalue weighted by atomic mass is 10.0. The minimum atomic E-state index is -0.111. The van der Waals surface area contributed by atoms with Crippen LogP contribution in [0, 0.1) is 5.92 Å². The molecule has 4 heteroatoms. The zero-order valence-electron chi connectivity index (χ0n) is 11.0. The minimum Gasteiger partial charge on any atom is -0.383 e. The van der Waals surface area contributed by atoms with E-state index in [0.29, 0.717) is 19.6 Å². The van der Waals surface area contributed by atoms with Crippen LogP contribution in [-0.4, -0.2) is 43.5 Å². The van der Waals surface area contributed by atoms with Crippen molar-refractivity contribution < 1.29 is 9.53 Å². The van der Waals surface area contributed by atoms with Crippen LogP contribution in [0.5, 0.6) is 0 Å². The van der Waals surface area contributed by atoms with Gasteiger partial charge in [0.2, 0.25) is 5.91 Å².